The van der Waals surface area contributed by atoms with Crippen molar-refractivity contribution in [2.45, 2.75) is 0 Å². The molecule has 1 aliphatic heterocycles. The van der Waals surface area contributed by atoms with E-state index in [1.54, 1.807) is 11.8 Å². The lowest BCUT2D eigenvalue weighted by atomic mass is 10.6. The molecule has 0 aliphatic carbocycles. The lowest BCUT2D eigenvalue weighted by Crippen LogP contribution is -1.74. The molecule has 1 aliphatic rings. The van der Waals surface area contributed by atoms with Crippen molar-refractivity contribution < 1.29 is 0 Å². The number of nitrogens with zero attached hydrogens (tertiary/aromatic N) is 1. The van der Waals surface area contributed by atoms with Gasteiger partial charge in [-0.1, -0.05) is 17.8 Å². The Balaban J connectivity index is 0.000000360. The average molecular weight is 180 g/mol. The molecule has 3 heteroatoms. The third kappa shape index (κ3) is 2.88. The standard InChI is InChI=1S/C4H5NS.BrH/c1-2-5-4-6-3-1;/h1,3-4H,2H2;1H. The van der Waals surface area contributed by atoms with Crippen molar-refractivity contribution in [2.24, 2.45) is 4.99 Å². The Hall–Kier alpha value is 0.240. The molecule has 7 heavy (non-hydrogen) atoms. The van der Waals surface area contributed by atoms with Crippen LogP contribution in [0.25, 0.3) is 0 Å². The molecule has 0 bridgehead atoms. The molecule has 40 valence electrons. The topological polar surface area (TPSA) is 12.4 Å². The second-order valence-corrected chi connectivity index (χ2v) is 1.73. The van der Waals surface area contributed by atoms with Crippen molar-refractivity contribution in [3.8, 4) is 0 Å². The second kappa shape index (κ2) is 4.40. The highest BCUT2D eigenvalue weighted by Crippen LogP contribution is 2.00. The third-order valence-corrected chi connectivity index (χ3v) is 1.14. The SMILES string of the molecule is Br.C1=CSC=NC1. The maximum absolute atomic E-state index is 3.93. The molecule has 0 fully saturated rings. The Bertz CT molecular complexity index is 69.7. The van der Waals surface area contributed by atoms with Gasteiger partial charge in [-0.2, -0.15) is 0 Å². The van der Waals surface area contributed by atoms with Gasteiger partial charge in [0.1, 0.15) is 0 Å². The summed E-state index contributed by atoms with van der Waals surface area (Å²) >= 11 is 1.62. The molecule has 0 atom stereocenters. The first kappa shape index (κ1) is 7.24. The van der Waals surface area contributed by atoms with Gasteiger partial charge in [0.15, 0.2) is 0 Å². The molecule has 0 saturated heterocycles. The highest BCUT2D eigenvalue weighted by atomic mass is 79.9. The van der Waals surface area contributed by atoms with E-state index in [0.29, 0.717) is 0 Å². The van der Waals surface area contributed by atoms with Crippen molar-refractivity contribution in [3.63, 3.8) is 0 Å². The zero-order valence-corrected chi connectivity index (χ0v) is 6.23. The van der Waals surface area contributed by atoms with E-state index in [0.717, 1.165) is 6.54 Å². The normalized spacial score (nSPS) is 16.0. The van der Waals surface area contributed by atoms with Crippen molar-refractivity contribution >= 4 is 34.3 Å². The summed E-state index contributed by atoms with van der Waals surface area (Å²) in [6, 6.07) is 0. The fourth-order valence-corrected chi connectivity index (χ4v) is 0.720. The Kier molecular flexibility index (Phi) is 4.55. The maximum atomic E-state index is 3.93. The maximum Gasteiger partial charge on any atom is 0.0586 e. The van der Waals surface area contributed by atoms with E-state index in [4.69, 9.17) is 0 Å². The van der Waals surface area contributed by atoms with E-state index in [1.165, 1.54) is 0 Å². The monoisotopic (exact) mass is 179 g/mol. The largest absolute Gasteiger partial charge is 0.282 e. The number of rotatable bonds is 0. The quantitative estimate of drug-likeness (QED) is 0.554. The number of aliphatic imine (C=N–C) groups is 1. The molecular weight excluding hydrogens is 174 g/mol. The summed E-state index contributed by atoms with van der Waals surface area (Å²) in [6.07, 6.45) is 2.03. The van der Waals surface area contributed by atoms with E-state index in [2.05, 4.69) is 4.99 Å². The lowest BCUT2D eigenvalue weighted by Gasteiger charge is -1.87. The summed E-state index contributed by atoms with van der Waals surface area (Å²) in [7, 11) is 0. The Morgan fingerprint density at radius 2 is 2.43 bits per heavy atom. The van der Waals surface area contributed by atoms with Gasteiger partial charge in [-0.05, 0) is 5.41 Å². The van der Waals surface area contributed by atoms with Crippen LogP contribution in [0.15, 0.2) is 16.5 Å². The van der Waals surface area contributed by atoms with Gasteiger partial charge in [0.25, 0.3) is 0 Å². The van der Waals surface area contributed by atoms with Crippen LogP contribution in [-0.2, 0) is 0 Å². The molecule has 0 saturated carbocycles. The van der Waals surface area contributed by atoms with E-state index in [-0.39, 0.29) is 17.0 Å². The minimum Gasteiger partial charge on any atom is -0.282 e. The van der Waals surface area contributed by atoms with Crippen LogP contribution in [0.1, 0.15) is 0 Å². The third-order valence-electron chi connectivity index (χ3n) is 0.521. The number of halogens is 1. The molecule has 0 unspecified atom stereocenters. The Morgan fingerprint density at radius 1 is 1.57 bits per heavy atom. The fourth-order valence-electron chi connectivity index (χ4n) is 0.281. The minimum atomic E-state index is 0. The van der Waals surface area contributed by atoms with Gasteiger partial charge in [-0.25, -0.2) is 0 Å². The van der Waals surface area contributed by atoms with E-state index >= 15 is 0 Å². The van der Waals surface area contributed by atoms with Crippen LogP contribution in [0, 0.1) is 0 Å². The minimum absolute atomic E-state index is 0. The van der Waals surface area contributed by atoms with Crippen LogP contribution in [0.5, 0.6) is 0 Å². The summed E-state index contributed by atoms with van der Waals surface area (Å²) in [5.41, 5.74) is 1.85. The highest BCUT2D eigenvalue weighted by Gasteiger charge is 1.77. The predicted octanol–water partition coefficient (Wildman–Crippen LogP) is 1.85. The summed E-state index contributed by atoms with van der Waals surface area (Å²) in [5.74, 6) is 0. The molecule has 0 aromatic heterocycles. The molecule has 0 aromatic carbocycles. The molecule has 0 N–H and O–H groups in total. The first-order valence-electron chi connectivity index (χ1n) is 1.79. The zero-order chi connectivity index (χ0) is 4.24. The van der Waals surface area contributed by atoms with Crippen molar-refractivity contribution in [1.82, 2.24) is 0 Å². The van der Waals surface area contributed by atoms with Gasteiger partial charge in [-0.3, -0.25) is 4.99 Å². The van der Waals surface area contributed by atoms with Crippen molar-refractivity contribution in [1.29, 1.82) is 0 Å². The Labute approximate surface area is 57.7 Å². The number of hydrogen-bond acceptors (Lipinski definition) is 2. The van der Waals surface area contributed by atoms with Gasteiger partial charge < -0.3 is 0 Å². The van der Waals surface area contributed by atoms with Gasteiger partial charge in [0.2, 0.25) is 0 Å². The van der Waals surface area contributed by atoms with Crippen molar-refractivity contribution in [3.05, 3.63) is 11.5 Å². The first-order chi connectivity index (χ1) is 3.00. The highest BCUT2D eigenvalue weighted by molar-refractivity contribution is 8.93. The fraction of sp³-hybridized carbons (Fsp3) is 0.250. The van der Waals surface area contributed by atoms with E-state index in [1.807, 2.05) is 17.0 Å². The molecule has 1 heterocycles. The smallest absolute Gasteiger partial charge is 0.0586 e. The van der Waals surface area contributed by atoms with Crippen LogP contribution < -0.4 is 0 Å². The molecule has 0 aromatic rings. The lowest BCUT2D eigenvalue weighted by molar-refractivity contribution is 1.27. The van der Waals surface area contributed by atoms with Crippen LogP contribution in [0.4, 0.5) is 0 Å². The number of hydrogen-bond donors (Lipinski definition) is 0. The summed E-state index contributed by atoms with van der Waals surface area (Å²) in [6.45, 7) is 0.868. The zero-order valence-electron chi connectivity index (χ0n) is 3.70. The van der Waals surface area contributed by atoms with Gasteiger partial charge in [0, 0.05) is 0 Å². The molecule has 1 nitrogen and oxygen atoms in total. The molecular formula is C4H6BrNS. The van der Waals surface area contributed by atoms with Crippen molar-refractivity contribution in [2.75, 3.05) is 6.54 Å². The summed E-state index contributed by atoms with van der Waals surface area (Å²) in [5, 5.41) is 2.03. The van der Waals surface area contributed by atoms with E-state index in [9.17, 15) is 0 Å². The van der Waals surface area contributed by atoms with Crippen LogP contribution in [0.2, 0.25) is 0 Å². The average Bonchev–Trinajstić information content (AvgIpc) is 1.72. The van der Waals surface area contributed by atoms with E-state index < -0.39 is 0 Å². The summed E-state index contributed by atoms with van der Waals surface area (Å²) in [4.78, 5) is 3.93. The Morgan fingerprint density at radius 3 is 2.57 bits per heavy atom. The number of thioether (sulfide) groups is 1. The first-order valence-corrected chi connectivity index (χ1v) is 2.73. The summed E-state index contributed by atoms with van der Waals surface area (Å²) < 4.78 is 0. The van der Waals surface area contributed by atoms with Gasteiger partial charge in [-0.15, -0.1) is 17.0 Å². The van der Waals surface area contributed by atoms with Gasteiger partial charge >= 0.3 is 0 Å². The molecule has 0 amide bonds. The predicted molar refractivity (Wildman–Crippen MR) is 40.4 cm³/mol. The van der Waals surface area contributed by atoms with Crippen LogP contribution in [-0.4, -0.2) is 12.1 Å². The van der Waals surface area contributed by atoms with Crippen LogP contribution >= 0.6 is 28.7 Å². The van der Waals surface area contributed by atoms with Gasteiger partial charge in [0.05, 0.1) is 12.1 Å². The van der Waals surface area contributed by atoms with Crippen LogP contribution in [0.3, 0.4) is 0 Å². The second-order valence-electron chi connectivity index (χ2n) is 0.978. The molecule has 1 rings (SSSR count). The molecule has 0 radical (unpaired) electrons. The molecule has 0 spiro atoms.